The predicted molar refractivity (Wildman–Crippen MR) is 126 cm³/mol. The summed E-state index contributed by atoms with van der Waals surface area (Å²) in [6.45, 7) is 2.18. The third-order valence-corrected chi connectivity index (χ3v) is 8.59. The van der Waals surface area contributed by atoms with Crippen LogP contribution in [0.1, 0.15) is 51.0 Å². The molecule has 1 aromatic heterocycles. The Bertz CT molecular complexity index is 1040. The molecule has 0 spiro atoms. The van der Waals surface area contributed by atoms with Gasteiger partial charge in [0.25, 0.3) is 0 Å². The number of nitrogens with zero attached hydrogens (tertiary/aromatic N) is 2. The first-order valence-electron chi connectivity index (χ1n) is 11.9. The zero-order valence-electron chi connectivity index (χ0n) is 18.9. The van der Waals surface area contributed by atoms with E-state index in [0.29, 0.717) is 35.9 Å². The van der Waals surface area contributed by atoms with Crippen LogP contribution >= 0.6 is 11.8 Å². The molecule has 4 saturated carbocycles. The van der Waals surface area contributed by atoms with E-state index in [-0.39, 0.29) is 17.1 Å². The van der Waals surface area contributed by atoms with Crippen molar-refractivity contribution in [3.8, 4) is 0 Å². The normalized spacial score (nSPS) is 28.5. The van der Waals surface area contributed by atoms with Crippen molar-refractivity contribution >= 4 is 23.7 Å². The van der Waals surface area contributed by atoms with E-state index in [0.717, 1.165) is 24.8 Å². The Morgan fingerprint density at radius 3 is 2.42 bits per heavy atom. The van der Waals surface area contributed by atoms with E-state index in [2.05, 4.69) is 20.8 Å². The van der Waals surface area contributed by atoms with E-state index in [1.54, 1.807) is 6.92 Å². The number of rotatable bonds is 7. The van der Waals surface area contributed by atoms with E-state index in [9.17, 15) is 14.4 Å². The van der Waals surface area contributed by atoms with Gasteiger partial charge in [-0.15, -0.1) is 5.10 Å². The zero-order chi connectivity index (χ0) is 23.0. The summed E-state index contributed by atoms with van der Waals surface area (Å²) >= 11 is 1.17. The molecule has 1 aromatic carbocycles. The Labute approximate surface area is 197 Å². The molecule has 0 aliphatic heterocycles. The first kappa shape index (κ1) is 22.3. The van der Waals surface area contributed by atoms with E-state index >= 15 is 0 Å². The lowest BCUT2D eigenvalue weighted by Gasteiger charge is -2.56. The quantitative estimate of drug-likeness (QED) is 0.540. The van der Waals surface area contributed by atoms with Crippen LogP contribution in [0.4, 0.5) is 4.79 Å². The Hall–Kier alpha value is -2.55. The standard InChI is InChI=1S/C24H31N5O3S/c1-15(33-23-28-27-22(32)29(23)8-7-16-5-3-2-4-6-16)20(30)25-21(31)26-24-12-17-9-18(13-24)11-19(10-17)14-24/h2-6,15,17-19H,7-14H2,1H3,(H,27,32)(H2,25,26,30,31). The number of thioether (sulfide) groups is 1. The number of H-pyrrole nitrogens is 1. The molecule has 0 radical (unpaired) electrons. The van der Waals surface area contributed by atoms with E-state index < -0.39 is 11.3 Å². The van der Waals surface area contributed by atoms with Crippen LogP contribution in [0.2, 0.25) is 0 Å². The summed E-state index contributed by atoms with van der Waals surface area (Å²) in [5.41, 5.74) is 0.671. The van der Waals surface area contributed by atoms with Crippen molar-refractivity contribution in [3.05, 3.63) is 46.4 Å². The number of imide groups is 1. The summed E-state index contributed by atoms with van der Waals surface area (Å²) in [5, 5.41) is 12.1. The lowest BCUT2D eigenvalue weighted by Crippen LogP contribution is -2.62. The first-order chi connectivity index (χ1) is 15.9. The molecular formula is C24H31N5O3S. The molecule has 1 heterocycles. The summed E-state index contributed by atoms with van der Waals surface area (Å²) in [7, 11) is 0. The van der Waals surface area contributed by atoms with Crippen LogP contribution < -0.4 is 16.3 Å². The number of aromatic nitrogens is 3. The number of aryl methyl sites for hydroxylation is 1. The summed E-state index contributed by atoms with van der Waals surface area (Å²) in [5.74, 6) is 1.77. The van der Waals surface area contributed by atoms with Gasteiger partial charge < -0.3 is 5.32 Å². The van der Waals surface area contributed by atoms with Crippen molar-refractivity contribution in [2.24, 2.45) is 17.8 Å². The molecule has 2 aromatic rings. The van der Waals surface area contributed by atoms with E-state index in [1.807, 2.05) is 30.3 Å². The number of benzene rings is 1. The number of hydrogen-bond acceptors (Lipinski definition) is 5. The van der Waals surface area contributed by atoms with Crippen molar-refractivity contribution in [1.82, 2.24) is 25.4 Å². The highest BCUT2D eigenvalue weighted by atomic mass is 32.2. The van der Waals surface area contributed by atoms with Crippen molar-refractivity contribution in [2.75, 3.05) is 0 Å². The molecule has 4 bridgehead atoms. The number of amides is 3. The van der Waals surface area contributed by atoms with Gasteiger partial charge in [-0.3, -0.25) is 14.7 Å². The molecule has 4 aliphatic carbocycles. The second kappa shape index (κ2) is 9.00. The average Bonchev–Trinajstić information content (AvgIpc) is 3.10. The number of carbonyl (C=O) groups is 2. The van der Waals surface area contributed by atoms with Gasteiger partial charge in [-0.2, -0.15) is 0 Å². The number of nitrogens with one attached hydrogen (secondary N) is 3. The summed E-state index contributed by atoms with van der Waals surface area (Å²) < 4.78 is 1.54. The molecular weight excluding hydrogens is 438 g/mol. The number of urea groups is 1. The Morgan fingerprint density at radius 1 is 1.15 bits per heavy atom. The second-order valence-electron chi connectivity index (χ2n) is 10.1. The van der Waals surface area contributed by atoms with Crippen LogP contribution in [0.3, 0.4) is 0 Å². The third-order valence-electron chi connectivity index (χ3n) is 7.50. The molecule has 0 saturated heterocycles. The van der Waals surface area contributed by atoms with Gasteiger partial charge in [0.05, 0.1) is 5.25 Å². The van der Waals surface area contributed by atoms with Crippen LogP contribution in [0.15, 0.2) is 40.3 Å². The van der Waals surface area contributed by atoms with Crippen molar-refractivity contribution in [3.63, 3.8) is 0 Å². The van der Waals surface area contributed by atoms with Gasteiger partial charge in [0.2, 0.25) is 5.91 Å². The van der Waals surface area contributed by atoms with E-state index in [4.69, 9.17) is 0 Å². The van der Waals surface area contributed by atoms with E-state index in [1.165, 1.54) is 35.6 Å². The number of aromatic amines is 1. The fourth-order valence-corrected chi connectivity index (χ4v) is 7.32. The molecule has 3 N–H and O–H groups in total. The fourth-order valence-electron chi connectivity index (χ4n) is 6.44. The van der Waals surface area contributed by atoms with Crippen LogP contribution in [0, 0.1) is 17.8 Å². The second-order valence-corrected chi connectivity index (χ2v) is 11.4. The van der Waals surface area contributed by atoms with Crippen molar-refractivity contribution < 1.29 is 9.59 Å². The minimum atomic E-state index is -0.571. The monoisotopic (exact) mass is 469 g/mol. The third kappa shape index (κ3) is 4.88. The highest BCUT2D eigenvalue weighted by Crippen LogP contribution is 2.55. The summed E-state index contributed by atoms with van der Waals surface area (Å²) in [6, 6.07) is 9.49. The average molecular weight is 470 g/mol. The van der Waals surface area contributed by atoms with Crippen molar-refractivity contribution in [2.45, 2.75) is 74.4 Å². The first-order valence-corrected chi connectivity index (χ1v) is 12.8. The highest BCUT2D eigenvalue weighted by molar-refractivity contribution is 8.00. The minimum absolute atomic E-state index is 0.143. The minimum Gasteiger partial charge on any atom is -0.332 e. The maximum absolute atomic E-state index is 12.7. The van der Waals surface area contributed by atoms with Crippen molar-refractivity contribution in [1.29, 1.82) is 0 Å². The van der Waals surface area contributed by atoms with Crippen LogP contribution in [0.25, 0.3) is 0 Å². The molecule has 176 valence electrons. The zero-order valence-corrected chi connectivity index (χ0v) is 19.7. The predicted octanol–water partition coefficient (Wildman–Crippen LogP) is 3.09. The molecule has 6 rings (SSSR count). The lowest BCUT2D eigenvalue weighted by molar-refractivity contribution is -0.119. The Morgan fingerprint density at radius 2 is 1.79 bits per heavy atom. The maximum atomic E-state index is 12.7. The number of carbonyl (C=O) groups excluding carboxylic acids is 2. The molecule has 3 amide bonds. The molecule has 33 heavy (non-hydrogen) atoms. The van der Waals surface area contributed by atoms with Crippen LogP contribution in [-0.4, -0.2) is 37.5 Å². The fraction of sp³-hybridized carbons (Fsp3) is 0.583. The smallest absolute Gasteiger partial charge is 0.332 e. The molecule has 8 nitrogen and oxygen atoms in total. The topological polar surface area (TPSA) is 109 Å². The highest BCUT2D eigenvalue weighted by Gasteiger charge is 2.51. The van der Waals surface area contributed by atoms with Gasteiger partial charge in [0, 0.05) is 12.1 Å². The lowest BCUT2D eigenvalue weighted by atomic mass is 9.53. The SMILES string of the molecule is CC(Sc1n[nH]c(=O)n1CCc1ccccc1)C(=O)NC(=O)NC12CC3CC(CC(C3)C1)C2. The largest absolute Gasteiger partial charge is 0.343 e. The summed E-state index contributed by atoms with van der Waals surface area (Å²) in [6.07, 6.45) is 7.67. The van der Waals surface area contributed by atoms with Crippen LogP contribution in [0.5, 0.6) is 0 Å². The van der Waals surface area contributed by atoms with Gasteiger partial charge in [-0.25, -0.2) is 14.7 Å². The molecule has 4 fully saturated rings. The molecule has 4 aliphatic rings. The van der Waals surface area contributed by atoms with Crippen LogP contribution in [-0.2, 0) is 17.8 Å². The molecule has 9 heteroatoms. The van der Waals surface area contributed by atoms with Gasteiger partial charge in [-0.1, -0.05) is 42.1 Å². The van der Waals surface area contributed by atoms with Gasteiger partial charge in [-0.05, 0) is 75.2 Å². The molecule has 1 unspecified atom stereocenters. The maximum Gasteiger partial charge on any atom is 0.343 e. The van der Waals surface area contributed by atoms with Gasteiger partial charge >= 0.3 is 11.7 Å². The van der Waals surface area contributed by atoms with Gasteiger partial charge in [0.15, 0.2) is 5.16 Å². The number of hydrogen-bond donors (Lipinski definition) is 3. The summed E-state index contributed by atoms with van der Waals surface area (Å²) in [4.78, 5) is 37.6. The van der Waals surface area contributed by atoms with Gasteiger partial charge in [0.1, 0.15) is 0 Å². The Kier molecular flexibility index (Phi) is 6.07. The Balaban J connectivity index is 1.16. The molecule has 1 atom stereocenters.